The molecular formula is C14H19N5OS. The van der Waals surface area contributed by atoms with Gasteiger partial charge in [0.2, 0.25) is 0 Å². The van der Waals surface area contributed by atoms with E-state index in [2.05, 4.69) is 39.1 Å². The van der Waals surface area contributed by atoms with Crippen LogP contribution >= 0.6 is 11.8 Å². The number of hydrogen-bond donors (Lipinski definition) is 2. The predicted molar refractivity (Wildman–Crippen MR) is 82.4 cm³/mol. The third-order valence-corrected chi connectivity index (χ3v) is 3.51. The van der Waals surface area contributed by atoms with E-state index in [1.165, 1.54) is 17.8 Å². The number of nitrogens with zero attached hydrogens (tertiary/aromatic N) is 3. The van der Waals surface area contributed by atoms with Crippen LogP contribution in [0, 0.1) is 0 Å². The number of aromatic nitrogens is 4. The van der Waals surface area contributed by atoms with Crippen molar-refractivity contribution in [3.8, 4) is 0 Å². The largest absolute Gasteiger partial charge is 0.313 e. The highest BCUT2D eigenvalue weighted by Gasteiger charge is 2.06. The van der Waals surface area contributed by atoms with Gasteiger partial charge >= 0.3 is 0 Å². The second-order valence-electron chi connectivity index (χ2n) is 4.55. The van der Waals surface area contributed by atoms with Crippen molar-refractivity contribution in [1.29, 1.82) is 0 Å². The Morgan fingerprint density at radius 2 is 2.05 bits per heavy atom. The molecular weight excluding hydrogens is 286 g/mol. The maximum absolute atomic E-state index is 11.6. The van der Waals surface area contributed by atoms with Gasteiger partial charge < -0.3 is 10.3 Å². The Balaban J connectivity index is 2.08. The van der Waals surface area contributed by atoms with Gasteiger partial charge in [0.05, 0.1) is 0 Å². The molecule has 2 N–H and O–H groups in total. The van der Waals surface area contributed by atoms with Gasteiger partial charge in [-0.15, -0.1) is 0 Å². The van der Waals surface area contributed by atoms with Crippen LogP contribution in [0.25, 0.3) is 0 Å². The molecule has 0 saturated heterocycles. The molecule has 0 amide bonds. The van der Waals surface area contributed by atoms with Gasteiger partial charge in [-0.2, -0.15) is 0 Å². The molecule has 0 unspecified atom stereocenters. The smallest absolute Gasteiger partial charge is 0.251 e. The Kier molecular flexibility index (Phi) is 5.89. The zero-order valence-electron chi connectivity index (χ0n) is 12.2. The molecule has 2 heterocycles. The molecule has 0 fully saturated rings. The van der Waals surface area contributed by atoms with E-state index in [1.807, 2.05) is 0 Å². The molecule has 0 saturated carbocycles. The van der Waals surface area contributed by atoms with Gasteiger partial charge in [0.1, 0.15) is 0 Å². The van der Waals surface area contributed by atoms with Crippen LogP contribution in [-0.2, 0) is 13.0 Å². The first kappa shape index (κ1) is 15.7. The van der Waals surface area contributed by atoms with Gasteiger partial charge in [-0.1, -0.05) is 20.3 Å². The molecule has 0 aliphatic rings. The number of hydrogen-bond acceptors (Lipinski definition) is 6. The first-order chi connectivity index (χ1) is 10.2. The van der Waals surface area contributed by atoms with Crippen LogP contribution in [0.2, 0.25) is 0 Å². The number of aromatic amines is 1. The number of aryl methyl sites for hydroxylation is 1. The van der Waals surface area contributed by atoms with Crippen molar-refractivity contribution in [2.45, 2.75) is 43.5 Å². The Labute approximate surface area is 127 Å². The maximum atomic E-state index is 11.6. The summed E-state index contributed by atoms with van der Waals surface area (Å²) in [5.74, 6) is 0. The second kappa shape index (κ2) is 7.90. The molecule has 2 aromatic rings. The summed E-state index contributed by atoms with van der Waals surface area (Å²) in [4.78, 5) is 27.3. The van der Waals surface area contributed by atoms with E-state index in [4.69, 9.17) is 0 Å². The SMILES string of the molecule is CCCc1cc(=O)[nH]c(Sc2ncc(CNCC)cn2)n1. The highest BCUT2D eigenvalue weighted by Crippen LogP contribution is 2.19. The van der Waals surface area contributed by atoms with E-state index in [1.54, 1.807) is 12.4 Å². The fraction of sp³-hybridized carbons (Fsp3) is 0.429. The molecule has 0 aromatic carbocycles. The lowest BCUT2D eigenvalue weighted by atomic mass is 10.2. The highest BCUT2D eigenvalue weighted by atomic mass is 32.2. The first-order valence-electron chi connectivity index (χ1n) is 7.01. The third kappa shape index (κ3) is 4.95. The number of rotatable bonds is 7. The molecule has 0 radical (unpaired) electrons. The lowest BCUT2D eigenvalue weighted by molar-refractivity contribution is 0.716. The van der Waals surface area contributed by atoms with E-state index in [0.717, 1.165) is 37.2 Å². The summed E-state index contributed by atoms with van der Waals surface area (Å²) in [5.41, 5.74) is 1.69. The molecule has 21 heavy (non-hydrogen) atoms. The monoisotopic (exact) mass is 305 g/mol. The second-order valence-corrected chi connectivity index (χ2v) is 5.50. The minimum absolute atomic E-state index is 0.139. The van der Waals surface area contributed by atoms with Crippen LogP contribution in [-0.4, -0.2) is 26.5 Å². The summed E-state index contributed by atoms with van der Waals surface area (Å²) >= 11 is 1.27. The predicted octanol–water partition coefficient (Wildman–Crippen LogP) is 1.77. The van der Waals surface area contributed by atoms with Crippen LogP contribution in [0.1, 0.15) is 31.5 Å². The molecule has 2 rings (SSSR count). The van der Waals surface area contributed by atoms with Crippen LogP contribution in [0.15, 0.2) is 33.6 Å². The Hall–Kier alpha value is -1.73. The molecule has 6 nitrogen and oxygen atoms in total. The lowest BCUT2D eigenvalue weighted by Crippen LogP contribution is -2.12. The van der Waals surface area contributed by atoms with Crippen molar-refractivity contribution in [2.24, 2.45) is 0 Å². The van der Waals surface area contributed by atoms with Gasteiger partial charge in [0, 0.05) is 36.3 Å². The van der Waals surface area contributed by atoms with Gasteiger partial charge in [0.15, 0.2) is 10.3 Å². The zero-order valence-corrected chi connectivity index (χ0v) is 13.0. The van der Waals surface area contributed by atoms with Gasteiger partial charge in [0.25, 0.3) is 5.56 Å². The van der Waals surface area contributed by atoms with Crippen molar-refractivity contribution in [2.75, 3.05) is 6.54 Å². The van der Waals surface area contributed by atoms with Gasteiger partial charge in [-0.05, 0) is 24.7 Å². The summed E-state index contributed by atoms with van der Waals surface area (Å²) in [6, 6.07) is 1.54. The van der Waals surface area contributed by atoms with E-state index in [9.17, 15) is 4.79 Å². The van der Waals surface area contributed by atoms with Crippen LogP contribution in [0.4, 0.5) is 0 Å². The normalized spacial score (nSPS) is 10.8. The number of nitrogens with one attached hydrogen (secondary N) is 2. The van der Waals surface area contributed by atoms with Crippen molar-refractivity contribution >= 4 is 11.8 Å². The van der Waals surface area contributed by atoms with E-state index in [0.29, 0.717) is 10.3 Å². The van der Waals surface area contributed by atoms with Crippen LogP contribution < -0.4 is 10.9 Å². The zero-order chi connectivity index (χ0) is 15.1. The van der Waals surface area contributed by atoms with Crippen LogP contribution in [0.3, 0.4) is 0 Å². The molecule has 0 aliphatic heterocycles. The minimum atomic E-state index is -0.139. The van der Waals surface area contributed by atoms with E-state index >= 15 is 0 Å². The Bertz CT molecular complexity index is 626. The first-order valence-corrected chi connectivity index (χ1v) is 7.82. The minimum Gasteiger partial charge on any atom is -0.313 e. The van der Waals surface area contributed by atoms with Crippen molar-refractivity contribution in [1.82, 2.24) is 25.3 Å². The number of H-pyrrole nitrogens is 1. The van der Waals surface area contributed by atoms with Gasteiger partial charge in [-0.3, -0.25) is 4.79 Å². The fourth-order valence-electron chi connectivity index (χ4n) is 1.76. The quantitative estimate of drug-likeness (QED) is 0.759. The van der Waals surface area contributed by atoms with E-state index in [-0.39, 0.29) is 5.56 Å². The summed E-state index contributed by atoms with van der Waals surface area (Å²) in [5, 5.41) is 4.32. The van der Waals surface area contributed by atoms with Crippen molar-refractivity contribution < 1.29 is 0 Å². The van der Waals surface area contributed by atoms with E-state index < -0.39 is 0 Å². The van der Waals surface area contributed by atoms with Gasteiger partial charge in [-0.25, -0.2) is 15.0 Å². The average molecular weight is 305 g/mol. The standard InChI is InChI=1S/C14H19N5OS/c1-3-5-11-6-12(20)19-14(18-11)21-13-16-8-10(9-17-13)7-15-4-2/h6,8-9,15H,3-5,7H2,1-2H3,(H,18,19,20). The highest BCUT2D eigenvalue weighted by molar-refractivity contribution is 7.99. The molecule has 0 spiro atoms. The lowest BCUT2D eigenvalue weighted by Gasteiger charge is -2.04. The fourth-order valence-corrected chi connectivity index (χ4v) is 2.46. The van der Waals surface area contributed by atoms with Crippen molar-refractivity contribution in [3.05, 3.63) is 40.1 Å². The topological polar surface area (TPSA) is 83.6 Å². The summed E-state index contributed by atoms with van der Waals surface area (Å²) in [6.07, 6.45) is 5.31. The third-order valence-electron chi connectivity index (χ3n) is 2.73. The summed E-state index contributed by atoms with van der Waals surface area (Å²) in [6.45, 7) is 5.77. The molecule has 0 bridgehead atoms. The molecule has 7 heteroatoms. The summed E-state index contributed by atoms with van der Waals surface area (Å²) < 4.78 is 0. The average Bonchev–Trinajstić information content (AvgIpc) is 2.46. The Morgan fingerprint density at radius 3 is 2.71 bits per heavy atom. The van der Waals surface area contributed by atoms with Crippen LogP contribution in [0.5, 0.6) is 0 Å². The molecule has 0 aliphatic carbocycles. The van der Waals surface area contributed by atoms with Crippen molar-refractivity contribution in [3.63, 3.8) is 0 Å². The molecule has 0 atom stereocenters. The maximum Gasteiger partial charge on any atom is 0.251 e. The molecule has 2 aromatic heterocycles. The summed E-state index contributed by atoms with van der Waals surface area (Å²) in [7, 11) is 0. The Morgan fingerprint density at radius 1 is 1.29 bits per heavy atom. The molecule has 112 valence electrons.